The van der Waals surface area contributed by atoms with Gasteiger partial charge in [-0.2, -0.15) is 0 Å². The molecule has 24 heavy (non-hydrogen) atoms. The highest BCUT2D eigenvalue weighted by atomic mass is 16.5. The zero-order chi connectivity index (χ0) is 16.9. The molecule has 0 atom stereocenters. The number of H-pyrrole nitrogens is 1. The van der Waals surface area contributed by atoms with Crippen LogP contribution in [0, 0.1) is 0 Å². The van der Waals surface area contributed by atoms with Gasteiger partial charge in [-0.3, -0.25) is 0 Å². The molecule has 0 spiro atoms. The summed E-state index contributed by atoms with van der Waals surface area (Å²) in [5, 5.41) is 3.32. The average molecular weight is 324 g/mol. The fraction of sp³-hybridized carbons (Fsp3) is 0.222. The minimum absolute atomic E-state index is 0.353. The van der Waals surface area contributed by atoms with Crippen molar-refractivity contribution >= 4 is 17.1 Å². The van der Waals surface area contributed by atoms with Crippen molar-refractivity contribution in [1.29, 1.82) is 0 Å². The van der Waals surface area contributed by atoms with Crippen LogP contribution in [0.5, 0.6) is 5.75 Å². The average Bonchev–Trinajstić information content (AvgIpc) is 3.00. The molecule has 2 aromatic carbocycles. The number of nitrogens with two attached hydrogens (primary N) is 1. The number of fused-ring (bicyclic) bond motifs is 1. The van der Waals surface area contributed by atoms with Gasteiger partial charge in [-0.1, -0.05) is 31.2 Å². The lowest BCUT2D eigenvalue weighted by atomic mass is 10.1. The van der Waals surface area contributed by atoms with Gasteiger partial charge in [0, 0.05) is 5.56 Å². The van der Waals surface area contributed by atoms with Crippen LogP contribution < -0.4 is 15.8 Å². The number of para-hydroxylation sites is 1. The number of aromatic amines is 1. The maximum Gasteiger partial charge on any atom is 0.410 e. The van der Waals surface area contributed by atoms with Crippen LogP contribution in [-0.2, 0) is 6.42 Å². The number of amides is 1. The van der Waals surface area contributed by atoms with E-state index in [1.54, 1.807) is 12.1 Å². The van der Waals surface area contributed by atoms with Crippen molar-refractivity contribution in [1.82, 2.24) is 15.3 Å². The van der Waals surface area contributed by atoms with Gasteiger partial charge in [0.1, 0.15) is 11.3 Å². The molecule has 0 aliphatic carbocycles. The van der Waals surface area contributed by atoms with Crippen LogP contribution in [0.4, 0.5) is 4.79 Å². The predicted octanol–water partition coefficient (Wildman–Crippen LogP) is 2.84. The van der Waals surface area contributed by atoms with Crippen molar-refractivity contribution in [2.75, 3.05) is 13.1 Å². The molecule has 6 nitrogen and oxygen atoms in total. The van der Waals surface area contributed by atoms with Gasteiger partial charge in [0.05, 0.1) is 5.52 Å². The van der Waals surface area contributed by atoms with Gasteiger partial charge in [0.25, 0.3) is 0 Å². The third-order valence-corrected chi connectivity index (χ3v) is 3.73. The Balaban J connectivity index is 1.92. The molecule has 1 aromatic heterocycles. The molecular formula is C18H20N4O2. The SMILES string of the molecule is CCNCCc1cccc(-c2nc3c(OC(N)=O)cccc3[nH]2)c1. The fourth-order valence-electron chi connectivity index (χ4n) is 2.62. The van der Waals surface area contributed by atoms with Crippen LogP contribution in [0.1, 0.15) is 12.5 Å². The molecule has 3 aromatic rings. The standard InChI is InChI=1S/C18H20N4O2/c1-2-20-10-9-12-5-3-6-13(11-12)17-21-14-7-4-8-15(16(14)22-17)24-18(19)23/h3-8,11,20H,2,9-10H2,1H3,(H2,19,23)(H,21,22). The maximum absolute atomic E-state index is 11.0. The summed E-state index contributed by atoms with van der Waals surface area (Å²) in [4.78, 5) is 18.8. The summed E-state index contributed by atoms with van der Waals surface area (Å²) in [5.41, 5.74) is 8.72. The Morgan fingerprint density at radius 3 is 2.92 bits per heavy atom. The Morgan fingerprint density at radius 2 is 2.12 bits per heavy atom. The van der Waals surface area contributed by atoms with Gasteiger partial charge >= 0.3 is 6.09 Å². The van der Waals surface area contributed by atoms with Gasteiger partial charge in [-0.25, -0.2) is 9.78 Å². The van der Waals surface area contributed by atoms with E-state index in [0.29, 0.717) is 11.3 Å². The molecule has 0 saturated heterocycles. The molecule has 0 fully saturated rings. The Morgan fingerprint density at radius 1 is 1.29 bits per heavy atom. The lowest BCUT2D eigenvalue weighted by molar-refractivity contribution is 0.211. The molecule has 6 heteroatoms. The fourth-order valence-corrected chi connectivity index (χ4v) is 2.62. The monoisotopic (exact) mass is 324 g/mol. The molecule has 124 valence electrons. The second kappa shape index (κ2) is 7.14. The predicted molar refractivity (Wildman–Crippen MR) is 94.0 cm³/mol. The Labute approximate surface area is 140 Å². The highest BCUT2D eigenvalue weighted by Crippen LogP contribution is 2.27. The molecule has 4 N–H and O–H groups in total. The smallest absolute Gasteiger partial charge is 0.408 e. The third kappa shape index (κ3) is 3.55. The Kier molecular flexibility index (Phi) is 4.77. The highest BCUT2D eigenvalue weighted by molar-refractivity contribution is 5.87. The number of carbonyl (C=O) groups is 1. The lowest BCUT2D eigenvalue weighted by Crippen LogP contribution is -2.16. The summed E-state index contributed by atoms with van der Waals surface area (Å²) in [5.74, 6) is 1.08. The quantitative estimate of drug-likeness (QED) is 0.608. The van der Waals surface area contributed by atoms with Gasteiger partial charge in [-0.05, 0) is 43.3 Å². The summed E-state index contributed by atoms with van der Waals surface area (Å²) in [7, 11) is 0. The summed E-state index contributed by atoms with van der Waals surface area (Å²) in [6, 6.07) is 13.6. The number of rotatable bonds is 6. The largest absolute Gasteiger partial charge is 0.410 e. The zero-order valence-electron chi connectivity index (χ0n) is 13.5. The minimum Gasteiger partial charge on any atom is -0.408 e. The van der Waals surface area contributed by atoms with Crippen LogP contribution in [0.3, 0.4) is 0 Å². The van der Waals surface area contributed by atoms with E-state index >= 15 is 0 Å². The number of hydrogen-bond donors (Lipinski definition) is 3. The van der Waals surface area contributed by atoms with Gasteiger partial charge < -0.3 is 20.8 Å². The van der Waals surface area contributed by atoms with E-state index < -0.39 is 6.09 Å². The lowest BCUT2D eigenvalue weighted by Gasteiger charge is -2.04. The van der Waals surface area contributed by atoms with Gasteiger partial charge in [0.2, 0.25) is 0 Å². The van der Waals surface area contributed by atoms with Crippen molar-refractivity contribution < 1.29 is 9.53 Å². The molecule has 0 saturated carbocycles. The molecule has 0 unspecified atom stereocenters. The van der Waals surface area contributed by atoms with E-state index in [2.05, 4.69) is 34.3 Å². The van der Waals surface area contributed by atoms with Crippen molar-refractivity contribution in [3.8, 4) is 17.1 Å². The molecule has 0 aliphatic rings. The molecule has 1 heterocycles. The van der Waals surface area contributed by atoms with E-state index in [1.165, 1.54) is 5.56 Å². The first-order chi connectivity index (χ1) is 11.7. The van der Waals surface area contributed by atoms with Crippen LogP contribution in [0.25, 0.3) is 22.4 Å². The van der Waals surface area contributed by atoms with Crippen molar-refractivity contribution in [2.45, 2.75) is 13.3 Å². The number of likely N-dealkylation sites (N-methyl/N-ethyl adjacent to an activating group) is 1. The zero-order valence-corrected chi connectivity index (χ0v) is 13.5. The van der Waals surface area contributed by atoms with Crippen LogP contribution >= 0.6 is 0 Å². The summed E-state index contributed by atoms with van der Waals surface area (Å²) in [6.07, 6.45) is 0.107. The Hall–Kier alpha value is -2.86. The van der Waals surface area contributed by atoms with E-state index in [1.807, 2.05) is 18.2 Å². The van der Waals surface area contributed by atoms with E-state index in [0.717, 1.165) is 36.4 Å². The Bertz CT molecular complexity index is 857. The first-order valence-corrected chi connectivity index (χ1v) is 7.93. The summed E-state index contributed by atoms with van der Waals surface area (Å²) < 4.78 is 5.01. The van der Waals surface area contributed by atoms with Crippen LogP contribution in [0.15, 0.2) is 42.5 Å². The number of hydrogen-bond acceptors (Lipinski definition) is 4. The minimum atomic E-state index is -0.850. The molecule has 3 rings (SSSR count). The number of imidazole rings is 1. The van der Waals surface area contributed by atoms with Gasteiger partial charge in [0.15, 0.2) is 5.75 Å². The molecule has 0 radical (unpaired) electrons. The second-order valence-electron chi connectivity index (χ2n) is 5.46. The molecule has 0 bridgehead atoms. The molecular weight excluding hydrogens is 304 g/mol. The van der Waals surface area contributed by atoms with Crippen molar-refractivity contribution in [3.05, 3.63) is 48.0 Å². The highest BCUT2D eigenvalue weighted by Gasteiger charge is 2.11. The summed E-state index contributed by atoms with van der Waals surface area (Å²) in [6.45, 7) is 4.00. The summed E-state index contributed by atoms with van der Waals surface area (Å²) >= 11 is 0. The number of benzene rings is 2. The number of aromatic nitrogens is 2. The van der Waals surface area contributed by atoms with Crippen LogP contribution in [0.2, 0.25) is 0 Å². The number of carbonyl (C=O) groups excluding carboxylic acids is 1. The van der Waals surface area contributed by atoms with E-state index in [-0.39, 0.29) is 0 Å². The number of primary amides is 1. The van der Waals surface area contributed by atoms with Crippen molar-refractivity contribution in [3.63, 3.8) is 0 Å². The number of ether oxygens (including phenoxy) is 1. The van der Waals surface area contributed by atoms with Gasteiger partial charge in [-0.15, -0.1) is 0 Å². The molecule has 1 amide bonds. The number of nitrogens with zero attached hydrogens (tertiary/aromatic N) is 1. The third-order valence-electron chi connectivity index (χ3n) is 3.73. The first kappa shape index (κ1) is 16.0. The van der Waals surface area contributed by atoms with E-state index in [4.69, 9.17) is 10.5 Å². The topological polar surface area (TPSA) is 93.0 Å². The maximum atomic E-state index is 11.0. The second-order valence-corrected chi connectivity index (χ2v) is 5.46. The van der Waals surface area contributed by atoms with E-state index in [9.17, 15) is 4.79 Å². The van der Waals surface area contributed by atoms with Crippen molar-refractivity contribution in [2.24, 2.45) is 5.73 Å². The number of nitrogens with one attached hydrogen (secondary N) is 2. The van der Waals surface area contributed by atoms with Crippen LogP contribution in [-0.4, -0.2) is 29.2 Å². The first-order valence-electron chi connectivity index (χ1n) is 7.93. The molecule has 0 aliphatic heterocycles. The normalized spacial score (nSPS) is 10.9.